The second-order valence-corrected chi connectivity index (χ2v) is 7.03. The third-order valence-corrected chi connectivity index (χ3v) is 5.06. The fourth-order valence-electron chi connectivity index (χ4n) is 3.15. The number of rotatable bonds is 5. The molecule has 0 aromatic heterocycles. The van der Waals surface area contributed by atoms with Crippen LogP contribution in [0, 0.1) is 12.7 Å². The molecule has 1 aliphatic rings. The molecule has 0 unspecified atom stereocenters. The Morgan fingerprint density at radius 2 is 2.04 bits per heavy atom. The van der Waals surface area contributed by atoms with Gasteiger partial charge >= 0.3 is 0 Å². The Hall–Kier alpha value is -1.82. The first-order valence-electron chi connectivity index (χ1n) is 8.62. The minimum atomic E-state index is -0.639. The van der Waals surface area contributed by atoms with Crippen molar-refractivity contribution < 1.29 is 19.0 Å². The number of methoxy groups -OCH3 is 1. The zero-order valence-corrected chi connectivity index (χ0v) is 15.7. The predicted octanol–water partition coefficient (Wildman–Crippen LogP) is 3.81. The van der Waals surface area contributed by atoms with E-state index in [2.05, 4.69) is 11.0 Å². The van der Waals surface area contributed by atoms with Crippen LogP contribution in [0.15, 0.2) is 36.4 Å². The number of aliphatic hydroxyl groups excluding tert-OH is 1. The van der Waals surface area contributed by atoms with Gasteiger partial charge in [-0.1, -0.05) is 23.7 Å². The Balaban J connectivity index is 1.60. The molecule has 140 valence electrons. The second kappa shape index (κ2) is 8.25. The van der Waals surface area contributed by atoms with Crippen molar-refractivity contribution in [3.8, 4) is 11.5 Å². The van der Waals surface area contributed by atoms with Gasteiger partial charge in [-0.05, 0) is 42.7 Å². The van der Waals surface area contributed by atoms with Gasteiger partial charge in [-0.25, -0.2) is 4.39 Å². The Morgan fingerprint density at radius 1 is 1.23 bits per heavy atom. The van der Waals surface area contributed by atoms with Crippen LogP contribution in [-0.4, -0.2) is 42.4 Å². The number of likely N-dealkylation sites (tertiary alicyclic amines) is 1. The highest BCUT2D eigenvalue weighted by atomic mass is 35.5. The summed E-state index contributed by atoms with van der Waals surface area (Å²) in [6, 6.07) is 10.2. The minimum absolute atomic E-state index is 0.328. The van der Waals surface area contributed by atoms with Crippen LogP contribution in [0.3, 0.4) is 0 Å². The van der Waals surface area contributed by atoms with Crippen molar-refractivity contribution in [1.29, 1.82) is 0 Å². The summed E-state index contributed by atoms with van der Waals surface area (Å²) in [6.07, 6.45) is -0.326. The molecule has 1 heterocycles. The number of benzene rings is 2. The van der Waals surface area contributed by atoms with Gasteiger partial charge in [-0.15, -0.1) is 0 Å². The lowest BCUT2D eigenvalue weighted by Crippen LogP contribution is -2.48. The maximum absolute atomic E-state index is 13.3. The first-order chi connectivity index (χ1) is 12.5. The van der Waals surface area contributed by atoms with Crippen LogP contribution in [-0.2, 0) is 6.54 Å². The van der Waals surface area contributed by atoms with Crippen LogP contribution < -0.4 is 9.47 Å². The van der Waals surface area contributed by atoms with Gasteiger partial charge in [-0.2, -0.15) is 0 Å². The Labute approximate surface area is 158 Å². The molecular formula is C20H23ClFNO3. The van der Waals surface area contributed by atoms with E-state index >= 15 is 0 Å². The average molecular weight is 380 g/mol. The number of hydrogen-bond donors (Lipinski definition) is 1. The molecule has 0 bridgehead atoms. The summed E-state index contributed by atoms with van der Waals surface area (Å²) in [5.41, 5.74) is 2.17. The third kappa shape index (κ3) is 4.47. The van der Waals surface area contributed by atoms with Gasteiger partial charge < -0.3 is 14.6 Å². The second-order valence-electron chi connectivity index (χ2n) is 6.63. The number of hydrogen-bond acceptors (Lipinski definition) is 4. The normalized spacial score (nSPS) is 20.8. The van der Waals surface area contributed by atoms with Gasteiger partial charge in [0.1, 0.15) is 18.0 Å². The summed E-state index contributed by atoms with van der Waals surface area (Å²) in [7, 11) is 1.47. The van der Waals surface area contributed by atoms with Gasteiger partial charge in [0.25, 0.3) is 0 Å². The SMILES string of the molecule is COc1cc(F)ccc1O[C@@H]1CCN(Cc2ccc(C)c(Cl)c2)C[C@H]1O. The molecule has 26 heavy (non-hydrogen) atoms. The van der Waals surface area contributed by atoms with Crippen molar-refractivity contribution >= 4 is 11.6 Å². The summed E-state index contributed by atoms with van der Waals surface area (Å²) in [4.78, 5) is 2.17. The fourth-order valence-corrected chi connectivity index (χ4v) is 3.35. The van der Waals surface area contributed by atoms with Gasteiger partial charge in [0.2, 0.25) is 0 Å². The first kappa shape index (κ1) is 19.0. The topological polar surface area (TPSA) is 41.9 Å². The molecule has 0 radical (unpaired) electrons. The van der Waals surface area contributed by atoms with Crippen molar-refractivity contribution in [3.63, 3.8) is 0 Å². The predicted molar refractivity (Wildman–Crippen MR) is 99.5 cm³/mol. The fraction of sp³-hybridized carbons (Fsp3) is 0.400. The lowest BCUT2D eigenvalue weighted by Gasteiger charge is -2.36. The summed E-state index contributed by atoms with van der Waals surface area (Å²) in [5.74, 6) is 0.381. The van der Waals surface area contributed by atoms with Crippen molar-refractivity contribution in [2.75, 3.05) is 20.2 Å². The van der Waals surface area contributed by atoms with Crippen molar-refractivity contribution in [2.24, 2.45) is 0 Å². The van der Waals surface area contributed by atoms with Crippen LogP contribution in [0.1, 0.15) is 17.5 Å². The highest BCUT2D eigenvalue weighted by molar-refractivity contribution is 6.31. The molecule has 1 fully saturated rings. The maximum atomic E-state index is 13.3. The van der Waals surface area contributed by atoms with E-state index in [9.17, 15) is 9.50 Å². The first-order valence-corrected chi connectivity index (χ1v) is 8.99. The molecule has 2 aromatic rings. The molecule has 0 spiro atoms. The standard InChI is InChI=1S/C20H23ClFNO3/c1-13-3-4-14(9-16(13)21)11-23-8-7-18(17(24)12-23)26-19-6-5-15(22)10-20(19)25-2/h3-6,9-10,17-18,24H,7-8,11-12H2,1-2H3/t17-,18-/m1/s1. The highest BCUT2D eigenvalue weighted by Gasteiger charge is 2.30. The Morgan fingerprint density at radius 3 is 2.73 bits per heavy atom. The van der Waals surface area contributed by atoms with Crippen LogP contribution in [0.25, 0.3) is 0 Å². The molecule has 4 nitrogen and oxygen atoms in total. The van der Waals surface area contributed by atoms with Gasteiger partial charge in [-0.3, -0.25) is 4.90 Å². The molecule has 0 aliphatic carbocycles. The van der Waals surface area contributed by atoms with Crippen LogP contribution in [0.2, 0.25) is 5.02 Å². The summed E-state index contributed by atoms with van der Waals surface area (Å²) in [6.45, 7) is 3.99. The van der Waals surface area contributed by atoms with Gasteiger partial charge in [0, 0.05) is 30.7 Å². The molecule has 0 saturated carbocycles. The summed E-state index contributed by atoms with van der Waals surface area (Å²) in [5, 5.41) is 11.2. The number of β-amino-alcohol motifs (C(OH)–C–C–N with tert-alkyl or cyclic N) is 1. The van der Waals surface area contributed by atoms with Crippen molar-refractivity contribution in [1.82, 2.24) is 4.90 Å². The Bertz CT molecular complexity index is 771. The molecule has 6 heteroatoms. The molecule has 1 N–H and O–H groups in total. The number of ether oxygens (including phenoxy) is 2. The van der Waals surface area contributed by atoms with Gasteiger partial charge in [0.05, 0.1) is 7.11 Å². The average Bonchev–Trinajstić information content (AvgIpc) is 2.61. The van der Waals surface area contributed by atoms with E-state index in [0.29, 0.717) is 24.5 Å². The summed E-state index contributed by atoms with van der Waals surface area (Å²) >= 11 is 6.19. The molecule has 1 aliphatic heterocycles. The number of nitrogens with zero attached hydrogens (tertiary/aromatic N) is 1. The molecule has 2 atom stereocenters. The number of aryl methyl sites for hydroxylation is 1. The number of piperidine rings is 1. The zero-order valence-electron chi connectivity index (χ0n) is 14.9. The molecular weight excluding hydrogens is 357 g/mol. The minimum Gasteiger partial charge on any atom is -0.493 e. The molecule has 0 amide bonds. The van der Waals surface area contributed by atoms with E-state index in [0.717, 1.165) is 29.2 Å². The Kier molecular flexibility index (Phi) is 6.01. The zero-order chi connectivity index (χ0) is 18.7. The highest BCUT2D eigenvalue weighted by Crippen LogP contribution is 2.30. The van der Waals surface area contributed by atoms with Crippen LogP contribution in [0.4, 0.5) is 4.39 Å². The number of aliphatic hydroxyl groups is 1. The van der Waals surface area contributed by atoms with E-state index < -0.39 is 6.10 Å². The monoisotopic (exact) mass is 379 g/mol. The lowest BCUT2D eigenvalue weighted by atomic mass is 10.0. The molecule has 3 rings (SSSR count). The lowest BCUT2D eigenvalue weighted by molar-refractivity contribution is -0.0283. The van der Waals surface area contributed by atoms with E-state index in [1.807, 2.05) is 19.1 Å². The maximum Gasteiger partial charge on any atom is 0.163 e. The van der Waals surface area contributed by atoms with Crippen LogP contribution >= 0.6 is 11.6 Å². The van der Waals surface area contributed by atoms with Crippen molar-refractivity contribution in [2.45, 2.75) is 32.1 Å². The smallest absolute Gasteiger partial charge is 0.163 e. The van der Waals surface area contributed by atoms with Gasteiger partial charge in [0.15, 0.2) is 11.5 Å². The quantitative estimate of drug-likeness (QED) is 0.857. The number of halogens is 2. The van der Waals surface area contributed by atoms with Crippen molar-refractivity contribution in [3.05, 3.63) is 58.4 Å². The largest absolute Gasteiger partial charge is 0.493 e. The van der Waals surface area contributed by atoms with E-state index in [4.69, 9.17) is 21.1 Å². The van der Waals surface area contributed by atoms with E-state index in [1.165, 1.54) is 25.3 Å². The third-order valence-electron chi connectivity index (χ3n) is 4.65. The van der Waals surface area contributed by atoms with Crippen LogP contribution in [0.5, 0.6) is 11.5 Å². The summed E-state index contributed by atoms with van der Waals surface area (Å²) < 4.78 is 24.3. The van der Waals surface area contributed by atoms with E-state index in [-0.39, 0.29) is 11.9 Å². The molecule has 2 aromatic carbocycles. The molecule has 1 saturated heterocycles. The van der Waals surface area contributed by atoms with E-state index in [1.54, 1.807) is 0 Å².